The summed E-state index contributed by atoms with van der Waals surface area (Å²) in [5, 5.41) is 0. The Bertz CT molecular complexity index is 538. The van der Waals surface area contributed by atoms with Crippen LogP contribution in [0, 0.1) is 27.7 Å². The summed E-state index contributed by atoms with van der Waals surface area (Å²) in [6.45, 7) is 8.52. The lowest BCUT2D eigenvalue weighted by molar-refractivity contribution is 1.39. The van der Waals surface area contributed by atoms with Crippen LogP contribution in [-0.2, 0) is 0 Å². The highest BCUT2D eigenvalue weighted by molar-refractivity contribution is 7.12. The minimum absolute atomic E-state index is 0.880. The summed E-state index contributed by atoms with van der Waals surface area (Å²) in [4.78, 5) is 2.74. The average Bonchev–Trinajstić information content (AvgIpc) is 2.51. The second-order valence-corrected chi connectivity index (χ2v) is 5.81. The van der Waals surface area contributed by atoms with Crippen LogP contribution in [-0.4, -0.2) is 0 Å². The first kappa shape index (κ1) is 11.2. The molecule has 0 radical (unpaired) electrons. The molecule has 84 valence electrons. The molecule has 0 saturated carbocycles. The molecule has 2 heteroatoms. The third-order valence-corrected chi connectivity index (χ3v) is 3.91. The first-order chi connectivity index (χ1) is 7.49. The molecular formula is C14H17NS. The smallest absolute Gasteiger partial charge is 0.0346 e. The molecule has 0 aliphatic carbocycles. The lowest BCUT2D eigenvalue weighted by Crippen LogP contribution is -1.93. The van der Waals surface area contributed by atoms with Crippen LogP contribution < -0.4 is 5.73 Å². The van der Waals surface area contributed by atoms with E-state index in [-0.39, 0.29) is 0 Å². The zero-order valence-electron chi connectivity index (χ0n) is 10.2. The van der Waals surface area contributed by atoms with Crippen LogP contribution in [0.4, 0.5) is 5.69 Å². The molecular weight excluding hydrogens is 214 g/mol. The molecule has 0 amide bonds. The summed E-state index contributed by atoms with van der Waals surface area (Å²) >= 11 is 1.85. The van der Waals surface area contributed by atoms with E-state index in [9.17, 15) is 0 Å². The topological polar surface area (TPSA) is 26.0 Å². The van der Waals surface area contributed by atoms with Crippen LogP contribution in [0.2, 0.25) is 0 Å². The number of anilines is 1. The second kappa shape index (κ2) is 3.95. The molecule has 1 aromatic carbocycles. The third kappa shape index (κ3) is 1.85. The SMILES string of the molecule is Cc1cc(-c2cc(C)c(N)cc2C)c(C)s1. The maximum Gasteiger partial charge on any atom is 0.0346 e. The van der Waals surface area contributed by atoms with Gasteiger partial charge in [0, 0.05) is 15.4 Å². The van der Waals surface area contributed by atoms with Crippen molar-refractivity contribution in [2.45, 2.75) is 27.7 Å². The molecule has 2 aromatic rings. The van der Waals surface area contributed by atoms with Gasteiger partial charge in [-0.2, -0.15) is 0 Å². The summed E-state index contributed by atoms with van der Waals surface area (Å²) in [5.41, 5.74) is 11.9. The molecule has 0 spiro atoms. The van der Waals surface area contributed by atoms with Crippen LogP contribution in [0.25, 0.3) is 11.1 Å². The van der Waals surface area contributed by atoms with Gasteiger partial charge in [-0.25, -0.2) is 0 Å². The molecule has 16 heavy (non-hydrogen) atoms. The van der Waals surface area contributed by atoms with Gasteiger partial charge in [0.15, 0.2) is 0 Å². The van der Waals surface area contributed by atoms with Crippen molar-refractivity contribution >= 4 is 17.0 Å². The molecule has 0 aliphatic heterocycles. The number of nitrogen functional groups attached to an aromatic ring is 1. The van der Waals surface area contributed by atoms with Gasteiger partial charge in [-0.05, 0) is 68.1 Å². The van der Waals surface area contributed by atoms with Crippen LogP contribution in [0.3, 0.4) is 0 Å². The molecule has 0 unspecified atom stereocenters. The minimum atomic E-state index is 0.880. The van der Waals surface area contributed by atoms with Crippen molar-refractivity contribution in [3.63, 3.8) is 0 Å². The van der Waals surface area contributed by atoms with Gasteiger partial charge in [0.25, 0.3) is 0 Å². The van der Waals surface area contributed by atoms with Crippen molar-refractivity contribution in [1.82, 2.24) is 0 Å². The Labute approximate surface area is 101 Å². The molecule has 1 aromatic heterocycles. The van der Waals surface area contributed by atoms with E-state index < -0.39 is 0 Å². The summed E-state index contributed by atoms with van der Waals surface area (Å²) in [6, 6.07) is 6.52. The van der Waals surface area contributed by atoms with Gasteiger partial charge >= 0.3 is 0 Å². The molecule has 0 aliphatic rings. The van der Waals surface area contributed by atoms with E-state index in [2.05, 4.69) is 45.9 Å². The minimum Gasteiger partial charge on any atom is -0.399 e. The number of thiophene rings is 1. The second-order valence-electron chi connectivity index (χ2n) is 4.35. The van der Waals surface area contributed by atoms with Crippen LogP contribution >= 0.6 is 11.3 Å². The number of nitrogens with two attached hydrogens (primary N) is 1. The number of benzene rings is 1. The van der Waals surface area contributed by atoms with E-state index in [4.69, 9.17) is 5.73 Å². The van der Waals surface area contributed by atoms with Gasteiger partial charge in [0.05, 0.1) is 0 Å². The zero-order valence-corrected chi connectivity index (χ0v) is 11.0. The number of rotatable bonds is 1. The lowest BCUT2D eigenvalue weighted by atomic mass is 9.98. The van der Waals surface area contributed by atoms with E-state index in [0.29, 0.717) is 0 Å². The van der Waals surface area contributed by atoms with E-state index >= 15 is 0 Å². The zero-order chi connectivity index (χ0) is 11.9. The number of hydrogen-bond donors (Lipinski definition) is 1. The monoisotopic (exact) mass is 231 g/mol. The van der Waals surface area contributed by atoms with Crippen LogP contribution in [0.15, 0.2) is 18.2 Å². The first-order valence-corrected chi connectivity index (χ1v) is 6.25. The van der Waals surface area contributed by atoms with E-state index in [1.165, 1.54) is 26.4 Å². The first-order valence-electron chi connectivity index (χ1n) is 5.43. The molecule has 0 atom stereocenters. The van der Waals surface area contributed by atoms with Crippen LogP contribution in [0.1, 0.15) is 20.9 Å². The van der Waals surface area contributed by atoms with E-state index in [0.717, 1.165) is 11.3 Å². The fourth-order valence-corrected chi connectivity index (χ4v) is 2.97. The van der Waals surface area contributed by atoms with Gasteiger partial charge in [-0.1, -0.05) is 0 Å². The summed E-state index contributed by atoms with van der Waals surface area (Å²) in [6.07, 6.45) is 0. The Morgan fingerprint density at radius 1 is 0.875 bits per heavy atom. The van der Waals surface area contributed by atoms with Crippen molar-refractivity contribution in [1.29, 1.82) is 0 Å². The molecule has 0 saturated heterocycles. The largest absolute Gasteiger partial charge is 0.399 e. The molecule has 2 rings (SSSR count). The van der Waals surface area contributed by atoms with Crippen molar-refractivity contribution in [3.05, 3.63) is 39.1 Å². The maximum absolute atomic E-state index is 5.91. The highest BCUT2D eigenvalue weighted by Crippen LogP contribution is 2.34. The Morgan fingerprint density at radius 2 is 1.56 bits per heavy atom. The summed E-state index contributed by atoms with van der Waals surface area (Å²) in [7, 11) is 0. The molecule has 0 fully saturated rings. The Kier molecular flexibility index (Phi) is 2.76. The van der Waals surface area contributed by atoms with Crippen molar-refractivity contribution in [2.24, 2.45) is 0 Å². The van der Waals surface area contributed by atoms with Crippen molar-refractivity contribution in [3.8, 4) is 11.1 Å². The standard InChI is InChI=1S/C14H17NS/c1-8-6-14(15)9(2)5-12(8)13-7-10(3)16-11(13)4/h5-7H,15H2,1-4H3. The number of aryl methyl sites for hydroxylation is 4. The van der Waals surface area contributed by atoms with Crippen LogP contribution in [0.5, 0.6) is 0 Å². The van der Waals surface area contributed by atoms with Gasteiger partial charge < -0.3 is 5.73 Å². The fourth-order valence-electron chi connectivity index (χ4n) is 2.03. The van der Waals surface area contributed by atoms with Gasteiger partial charge in [-0.15, -0.1) is 11.3 Å². The summed E-state index contributed by atoms with van der Waals surface area (Å²) < 4.78 is 0. The molecule has 1 heterocycles. The highest BCUT2D eigenvalue weighted by Gasteiger charge is 2.09. The normalized spacial score (nSPS) is 10.8. The van der Waals surface area contributed by atoms with Crippen molar-refractivity contribution < 1.29 is 0 Å². The quantitative estimate of drug-likeness (QED) is 0.730. The Hall–Kier alpha value is -1.28. The molecule has 1 nitrogen and oxygen atoms in total. The predicted molar refractivity (Wildman–Crippen MR) is 73.1 cm³/mol. The predicted octanol–water partition coefficient (Wildman–Crippen LogP) is 4.23. The van der Waals surface area contributed by atoms with E-state index in [1.807, 2.05) is 11.3 Å². The fraction of sp³-hybridized carbons (Fsp3) is 0.286. The molecule has 2 N–H and O–H groups in total. The number of hydrogen-bond acceptors (Lipinski definition) is 2. The molecule has 0 bridgehead atoms. The van der Waals surface area contributed by atoms with Gasteiger partial charge in [-0.3, -0.25) is 0 Å². The average molecular weight is 231 g/mol. The Morgan fingerprint density at radius 3 is 2.12 bits per heavy atom. The maximum atomic E-state index is 5.91. The van der Waals surface area contributed by atoms with E-state index in [1.54, 1.807) is 0 Å². The Balaban J connectivity index is 2.64. The highest BCUT2D eigenvalue weighted by atomic mass is 32.1. The third-order valence-electron chi connectivity index (χ3n) is 2.94. The van der Waals surface area contributed by atoms with Gasteiger partial charge in [0.2, 0.25) is 0 Å². The van der Waals surface area contributed by atoms with Crippen molar-refractivity contribution in [2.75, 3.05) is 5.73 Å². The lowest BCUT2D eigenvalue weighted by Gasteiger charge is -2.09. The van der Waals surface area contributed by atoms with Gasteiger partial charge in [0.1, 0.15) is 0 Å². The summed E-state index contributed by atoms with van der Waals surface area (Å²) in [5.74, 6) is 0.